The standard InChI is InChI=1S/C22H17N/c1-15-11-12-19-20(13-15)23(17-8-3-2-4-9-17)21-14-16-7-5-6-10-18(16)22(19)21/h2-13H,14H2,1H3. The highest BCUT2D eigenvalue weighted by molar-refractivity contribution is 6.02. The lowest BCUT2D eigenvalue weighted by molar-refractivity contribution is 1.01. The maximum atomic E-state index is 2.44. The average Bonchev–Trinajstić information content (AvgIpc) is 3.09. The van der Waals surface area contributed by atoms with E-state index in [-0.39, 0.29) is 0 Å². The van der Waals surface area contributed by atoms with E-state index in [1.165, 1.54) is 44.5 Å². The molecule has 0 N–H and O–H groups in total. The van der Waals surface area contributed by atoms with Gasteiger partial charge in [0.05, 0.1) is 5.52 Å². The van der Waals surface area contributed by atoms with Gasteiger partial charge in [-0.25, -0.2) is 0 Å². The maximum Gasteiger partial charge on any atom is 0.0540 e. The second kappa shape index (κ2) is 4.60. The molecule has 0 radical (unpaired) electrons. The Morgan fingerprint density at radius 3 is 2.48 bits per heavy atom. The lowest BCUT2D eigenvalue weighted by atomic mass is 10.0. The quantitative estimate of drug-likeness (QED) is 0.384. The van der Waals surface area contributed by atoms with Gasteiger partial charge in [-0.05, 0) is 41.8 Å². The summed E-state index contributed by atoms with van der Waals surface area (Å²) in [5.41, 5.74) is 9.53. The molecule has 0 spiro atoms. The minimum Gasteiger partial charge on any atom is -0.313 e. The van der Waals surface area contributed by atoms with Gasteiger partial charge in [0.2, 0.25) is 0 Å². The molecule has 0 atom stereocenters. The Hall–Kier alpha value is -2.80. The van der Waals surface area contributed by atoms with E-state index < -0.39 is 0 Å². The Bertz CT molecular complexity index is 1040. The van der Waals surface area contributed by atoms with Crippen molar-refractivity contribution >= 4 is 10.9 Å². The van der Waals surface area contributed by atoms with Crippen molar-refractivity contribution in [1.29, 1.82) is 0 Å². The average molecular weight is 295 g/mol. The summed E-state index contributed by atoms with van der Waals surface area (Å²) in [6.45, 7) is 2.17. The molecule has 1 aliphatic carbocycles. The first kappa shape index (κ1) is 12.7. The molecule has 1 nitrogen and oxygen atoms in total. The summed E-state index contributed by atoms with van der Waals surface area (Å²) >= 11 is 0. The molecule has 0 saturated heterocycles. The Labute approximate surface area is 135 Å². The van der Waals surface area contributed by atoms with Gasteiger partial charge in [-0.3, -0.25) is 0 Å². The number of benzene rings is 3. The summed E-state index contributed by atoms with van der Waals surface area (Å²) in [5.74, 6) is 0. The summed E-state index contributed by atoms with van der Waals surface area (Å²) in [4.78, 5) is 0. The van der Waals surface area contributed by atoms with Crippen molar-refractivity contribution in [2.75, 3.05) is 0 Å². The van der Waals surface area contributed by atoms with E-state index in [9.17, 15) is 0 Å². The van der Waals surface area contributed by atoms with Crippen molar-refractivity contribution in [1.82, 2.24) is 4.57 Å². The van der Waals surface area contributed by atoms with Crippen molar-refractivity contribution < 1.29 is 0 Å². The molecule has 1 aromatic heterocycles. The van der Waals surface area contributed by atoms with Gasteiger partial charge in [0.25, 0.3) is 0 Å². The van der Waals surface area contributed by atoms with Crippen LogP contribution in [-0.2, 0) is 6.42 Å². The SMILES string of the molecule is Cc1ccc2c3c(n(-c4ccccc4)c2c1)Cc1ccccc1-3. The molecule has 0 saturated carbocycles. The molecule has 0 aliphatic heterocycles. The molecule has 1 heterocycles. The van der Waals surface area contributed by atoms with Gasteiger partial charge in [-0.1, -0.05) is 54.6 Å². The molecule has 5 rings (SSSR count). The first-order valence-corrected chi connectivity index (χ1v) is 8.10. The van der Waals surface area contributed by atoms with E-state index in [4.69, 9.17) is 0 Å². The fraction of sp³-hybridized carbons (Fsp3) is 0.0909. The molecule has 4 aromatic rings. The minimum absolute atomic E-state index is 1.01. The summed E-state index contributed by atoms with van der Waals surface area (Å²) in [6, 6.07) is 26.3. The van der Waals surface area contributed by atoms with Gasteiger partial charge < -0.3 is 4.57 Å². The van der Waals surface area contributed by atoms with E-state index in [1.807, 2.05) is 0 Å². The molecule has 23 heavy (non-hydrogen) atoms. The Morgan fingerprint density at radius 2 is 1.61 bits per heavy atom. The third-order valence-electron chi connectivity index (χ3n) is 4.88. The molecule has 1 aliphatic rings. The molecule has 3 aromatic carbocycles. The van der Waals surface area contributed by atoms with Crippen LogP contribution in [0.15, 0.2) is 72.8 Å². The lowest BCUT2D eigenvalue weighted by Gasteiger charge is -2.10. The van der Waals surface area contributed by atoms with Crippen molar-refractivity contribution in [2.45, 2.75) is 13.3 Å². The smallest absolute Gasteiger partial charge is 0.0540 e. The van der Waals surface area contributed by atoms with Gasteiger partial charge in [-0.15, -0.1) is 0 Å². The lowest BCUT2D eigenvalue weighted by Crippen LogP contribution is -1.99. The van der Waals surface area contributed by atoms with Crippen molar-refractivity contribution in [2.24, 2.45) is 0 Å². The van der Waals surface area contributed by atoms with Gasteiger partial charge in [-0.2, -0.15) is 0 Å². The molecular weight excluding hydrogens is 278 g/mol. The van der Waals surface area contributed by atoms with Crippen LogP contribution in [0.25, 0.3) is 27.7 Å². The molecule has 110 valence electrons. The van der Waals surface area contributed by atoms with Crippen LogP contribution in [0.4, 0.5) is 0 Å². The molecule has 1 heteroatoms. The van der Waals surface area contributed by atoms with Crippen LogP contribution < -0.4 is 0 Å². The molecular formula is C22H17N. The zero-order chi connectivity index (χ0) is 15.4. The first-order valence-electron chi connectivity index (χ1n) is 8.10. The number of rotatable bonds is 1. The van der Waals surface area contributed by atoms with E-state index in [0.29, 0.717) is 0 Å². The number of para-hydroxylation sites is 1. The highest BCUT2D eigenvalue weighted by Gasteiger charge is 2.26. The zero-order valence-corrected chi connectivity index (χ0v) is 13.1. The number of fused-ring (bicyclic) bond motifs is 5. The maximum absolute atomic E-state index is 2.44. The van der Waals surface area contributed by atoms with E-state index in [0.717, 1.165) is 6.42 Å². The zero-order valence-electron chi connectivity index (χ0n) is 13.1. The van der Waals surface area contributed by atoms with Gasteiger partial charge >= 0.3 is 0 Å². The topological polar surface area (TPSA) is 4.93 Å². The van der Waals surface area contributed by atoms with Gasteiger partial charge in [0.1, 0.15) is 0 Å². The Balaban J connectivity index is 1.93. The molecule has 0 fully saturated rings. The van der Waals surface area contributed by atoms with Crippen LogP contribution in [0.1, 0.15) is 16.8 Å². The summed E-state index contributed by atoms with van der Waals surface area (Å²) < 4.78 is 2.44. The second-order valence-electron chi connectivity index (χ2n) is 6.35. The normalized spacial score (nSPS) is 12.4. The van der Waals surface area contributed by atoms with Crippen LogP contribution in [0.2, 0.25) is 0 Å². The summed E-state index contributed by atoms with van der Waals surface area (Å²) in [7, 11) is 0. The third kappa shape index (κ3) is 1.74. The third-order valence-corrected chi connectivity index (χ3v) is 4.88. The number of hydrogen-bond acceptors (Lipinski definition) is 0. The molecule has 0 bridgehead atoms. The predicted molar refractivity (Wildman–Crippen MR) is 96.3 cm³/mol. The van der Waals surface area contributed by atoms with Crippen molar-refractivity contribution in [3.05, 3.63) is 89.6 Å². The fourth-order valence-corrected chi connectivity index (χ4v) is 3.89. The fourth-order valence-electron chi connectivity index (χ4n) is 3.89. The van der Waals surface area contributed by atoms with E-state index >= 15 is 0 Å². The Kier molecular flexibility index (Phi) is 2.54. The number of nitrogens with zero attached hydrogens (tertiary/aromatic N) is 1. The van der Waals surface area contributed by atoms with Crippen LogP contribution in [-0.4, -0.2) is 4.57 Å². The van der Waals surface area contributed by atoms with Crippen LogP contribution in [0, 0.1) is 6.92 Å². The van der Waals surface area contributed by atoms with Crippen LogP contribution in [0.3, 0.4) is 0 Å². The van der Waals surface area contributed by atoms with Crippen LogP contribution >= 0.6 is 0 Å². The van der Waals surface area contributed by atoms with Crippen LogP contribution in [0.5, 0.6) is 0 Å². The molecule has 0 unspecified atom stereocenters. The summed E-state index contributed by atoms with van der Waals surface area (Å²) in [5, 5.41) is 1.36. The van der Waals surface area contributed by atoms with Crippen molar-refractivity contribution in [3.63, 3.8) is 0 Å². The largest absolute Gasteiger partial charge is 0.313 e. The predicted octanol–water partition coefficient (Wildman–Crippen LogP) is 5.51. The van der Waals surface area contributed by atoms with Gasteiger partial charge in [0, 0.05) is 28.8 Å². The monoisotopic (exact) mass is 295 g/mol. The number of aromatic nitrogens is 1. The van der Waals surface area contributed by atoms with Crippen molar-refractivity contribution in [3.8, 4) is 16.8 Å². The second-order valence-corrected chi connectivity index (χ2v) is 6.35. The number of aryl methyl sites for hydroxylation is 1. The Morgan fingerprint density at radius 1 is 0.826 bits per heavy atom. The number of hydrogen-bond donors (Lipinski definition) is 0. The highest BCUT2D eigenvalue weighted by atomic mass is 15.0. The minimum atomic E-state index is 1.01. The van der Waals surface area contributed by atoms with E-state index in [2.05, 4.69) is 84.3 Å². The van der Waals surface area contributed by atoms with E-state index in [1.54, 1.807) is 0 Å². The first-order chi connectivity index (χ1) is 11.3. The molecule has 0 amide bonds. The highest BCUT2D eigenvalue weighted by Crippen LogP contribution is 2.44. The summed E-state index contributed by atoms with van der Waals surface area (Å²) in [6.07, 6.45) is 1.01. The van der Waals surface area contributed by atoms with Gasteiger partial charge in [0.15, 0.2) is 0 Å².